The van der Waals surface area contributed by atoms with Crippen LogP contribution in [0.1, 0.15) is 50.8 Å². The number of rotatable bonds is 7. The smallest absolute Gasteiger partial charge is 0.405 e. The molecule has 10 nitrogen and oxygen atoms in total. The molecule has 2 bridgehead atoms. The van der Waals surface area contributed by atoms with Crippen LogP contribution in [0.2, 0.25) is 0 Å². The second-order valence-corrected chi connectivity index (χ2v) is 10.7. The van der Waals surface area contributed by atoms with E-state index in [9.17, 15) is 18.7 Å². The average Bonchev–Trinajstić information content (AvgIpc) is 3.33. The number of nitrogens with zero attached hydrogens (tertiary/aromatic N) is 5. The van der Waals surface area contributed by atoms with Gasteiger partial charge in [-0.25, -0.2) is 18.6 Å². The van der Waals surface area contributed by atoms with E-state index in [1.165, 1.54) is 4.57 Å². The molecule has 38 heavy (non-hydrogen) atoms. The third-order valence-corrected chi connectivity index (χ3v) is 8.44. The van der Waals surface area contributed by atoms with Gasteiger partial charge in [0.15, 0.2) is 5.82 Å². The topological polar surface area (TPSA) is 117 Å². The van der Waals surface area contributed by atoms with E-state index in [1.807, 2.05) is 0 Å². The summed E-state index contributed by atoms with van der Waals surface area (Å²) in [7, 11) is 0. The molecule has 0 atom stereocenters. The van der Waals surface area contributed by atoms with Crippen molar-refractivity contribution in [2.24, 2.45) is 5.41 Å². The average molecular weight is 528 g/mol. The van der Waals surface area contributed by atoms with E-state index in [4.69, 9.17) is 14.7 Å². The first kappa shape index (κ1) is 24.8. The lowest BCUT2D eigenvalue weighted by Crippen LogP contribution is -2.57. The second kappa shape index (κ2) is 9.64. The molecular formula is C26H31F2N7O3. The van der Waals surface area contributed by atoms with Crippen molar-refractivity contribution in [1.29, 1.82) is 0 Å². The maximum atomic E-state index is 14.1. The van der Waals surface area contributed by atoms with E-state index in [2.05, 4.69) is 20.5 Å². The highest BCUT2D eigenvalue weighted by atomic mass is 19.3. The monoisotopic (exact) mass is 527 g/mol. The maximum absolute atomic E-state index is 14.1. The zero-order chi connectivity index (χ0) is 26.3. The number of morpholine rings is 1. The van der Waals surface area contributed by atoms with Crippen molar-refractivity contribution >= 4 is 28.9 Å². The Morgan fingerprint density at radius 1 is 1.03 bits per heavy atom. The van der Waals surface area contributed by atoms with Crippen molar-refractivity contribution in [3.05, 3.63) is 36.2 Å². The molecule has 3 aliphatic carbocycles. The number of nitrogens with one attached hydrogen (secondary N) is 2. The highest BCUT2D eigenvalue weighted by molar-refractivity contribution is 5.78. The standard InChI is InChI=1S/C26H31F2N7O3/c27-21(28)22-30-17-3-1-2-4-18(17)35(22)20-15-19(34-11-13-38-14-12-34)31-23(32-20)29-16-25-5-8-26(9-6-25,10-7-25)33-24(36)37/h1-4,15,21,33H,5-14,16H2,(H,36,37)(H,29,31,32). The van der Waals surface area contributed by atoms with Gasteiger partial charge in [-0.15, -0.1) is 0 Å². The van der Waals surface area contributed by atoms with Gasteiger partial charge in [0.2, 0.25) is 5.95 Å². The molecule has 3 heterocycles. The molecule has 12 heteroatoms. The van der Waals surface area contributed by atoms with Crippen LogP contribution < -0.4 is 15.5 Å². The number of amides is 1. The summed E-state index contributed by atoms with van der Waals surface area (Å²) in [6.07, 6.45) is 1.38. The Bertz CT molecular complexity index is 1320. The molecule has 202 valence electrons. The number of ether oxygens (including phenoxy) is 1. The second-order valence-electron chi connectivity index (χ2n) is 10.7. The van der Waals surface area contributed by atoms with Crippen LogP contribution in [0.25, 0.3) is 16.9 Å². The molecule has 4 aliphatic rings. The van der Waals surface area contributed by atoms with Crippen LogP contribution in [0, 0.1) is 5.41 Å². The van der Waals surface area contributed by atoms with Crippen LogP contribution in [0.15, 0.2) is 30.3 Å². The van der Waals surface area contributed by atoms with Crippen LogP contribution >= 0.6 is 0 Å². The number of anilines is 2. The zero-order valence-corrected chi connectivity index (χ0v) is 21.0. The van der Waals surface area contributed by atoms with Gasteiger partial charge in [-0.1, -0.05) is 12.1 Å². The molecule has 3 N–H and O–H groups in total. The van der Waals surface area contributed by atoms with Crippen LogP contribution in [0.4, 0.5) is 25.3 Å². The Morgan fingerprint density at radius 2 is 1.71 bits per heavy atom. The number of halogens is 2. The largest absolute Gasteiger partial charge is 0.465 e. The minimum atomic E-state index is -2.77. The van der Waals surface area contributed by atoms with E-state index in [0.717, 1.165) is 38.5 Å². The third-order valence-electron chi connectivity index (χ3n) is 8.44. The van der Waals surface area contributed by atoms with Gasteiger partial charge >= 0.3 is 6.09 Å². The molecule has 0 radical (unpaired) electrons. The molecule has 1 aliphatic heterocycles. The molecule has 4 fully saturated rings. The predicted octanol–water partition coefficient (Wildman–Crippen LogP) is 4.36. The van der Waals surface area contributed by atoms with Crippen molar-refractivity contribution in [2.45, 2.75) is 50.5 Å². The van der Waals surface area contributed by atoms with Crippen molar-refractivity contribution in [3.8, 4) is 5.82 Å². The van der Waals surface area contributed by atoms with Gasteiger partial charge in [0.25, 0.3) is 6.43 Å². The van der Waals surface area contributed by atoms with Gasteiger partial charge in [0, 0.05) is 31.2 Å². The highest BCUT2D eigenvalue weighted by Crippen LogP contribution is 2.52. The lowest BCUT2D eigenvalue weighted by molar-refractivity contribution is 0.0338. The zero-order valence-electron chi connectivity index (χ0n) is 21.0. The van der Waals surface area contributed by atoms with Crippen LogP contribution in [-0.2, 0) is 4.74 Å². The molecule has 3 saturated carbocycles. The number of carboxylic acid groups (broad SMARTS) is 1. The van der Waals surface area contributed by atoms with Crippen LogP contribution in [-0.4, -0.2) is 69.1 Å². The van der Waals surface area contributed by atoms with Crippen LogP contribution in [0.3, 0.4) is 0 Å². The SMILES string of the molecule is O=C(O)NC12CCC(CNc3nc(N4CCOCC4)cc(-n4c(C(F)F)nc5ccccc54)n3)(CC1)CC2. The molecule has 3 aromatic rings. The molecule has 1 aromatic carbocycles. The van der Waals surface area contributed by atoms with E-state index < -0.39 is 12.5 Å². The Labute approximate surface area is 218 Å². The molecular weight excluding hydrogens is 496 g/mol. The Balaban J connectivity index is 1.32. The van der Waals surface area contributed by atoms with E-state index >= 15 is 0 Å². The normalized spacial score (nSPS) is 25.2. The Morgan fingerprint density at radius 3 is 2.39 bits per heavy atom. The molecule has 2 aromatic heterocycles. The third kappa shape index (κ3) is 4.61. The molecule has 1 saturated heterocycles. The number of carbonyl (C=O) groups is 1. The number of hydrogen-bond donors (Lipinski definition) is 3. The summed E-state index contributed by atoms with van der Waals surface area (Å²) in [4.78, 5) is 27.0. The summed E-state index contributed by atoms with van der Waals surface area (Å²) < 4.78 is 35.1. The number of aromatic nitrogens is 4. The highest BCUT2D eigenvalue weighted by Gasteiger charge is 2.49. The predicted molar refractivity (Wildman–Crippen MR) is 137 cm³/mol. The van der Waals surface area contributed by atoms with Gasteiger partial charge in [0.1, 0.15) is 11.6 Å². The number of para-hydroxylation sites is 2. The van der Waals surface area contributed by atoms with Crippen molar-refractivity contribution in [2.75, 3.05) is 43.1 Å². The quantitative estimate of drug-likeness (QED) is 0.415. The Kier molecular flexibility index (Phi) is 6.29. The summed E-state index contributed by atoms with van der Waals surface area (Å²) in [5.41, 5.74) is 0.740. The van der Waals surface area contributed by atoms with Gasteiger partial charge in [0.05, 0.1) is 24.2 Å². The van der Waals surface area contributed by atoms with Gasteiger partial charge in [-0.2, -0.15) is 9.97 Å². The van der Waals surface area contributed by atoms with Crippen LogP contribution in [0.5, 0.6) is 0 Å². The first-order valence-corrected chi connectivity index (χ1v) is 13.1. The number of hydrogen-bond acceptors (Lipinski definition) is 7. The summed E-state index contributed by atoms with van der Waals surface area (Å²) >= 11 is 0. The summed E-state index contributed by atoms with van der Waals surface area (Å²) in [6, 6.07) is 8.78. The van der Waals surface area contributed by atoms with E-state index in [1.54, 1.807) is 30.3 Å². The van der Waals surface area contributed by atoms with E-state index in [-0.39, 0.29) is 16.8 Å². The van der Waals surface area contributed by atoms with Gasteiger partial charge < -0.3 is 25.4 Å². The number of fused-ring (bicyclic) bond motifs is 4. The molecule has 0 spiro atoms. The number of benzene rings is 1. The molecule has 7 rings (SSSR count). The first-order valence-electron chi connectivity index (χ1n) is 13.1. The fourth-order valence-electron chi connectivity index (χ4n) is 6.21. The minimum Gasteiger partial charge on any atom is -0.465 e. The number of imidazole rings is 1. The summed E-state index contributed by atoms with van der Waals surface area (Å²) in [5, 5.41) is 15.4. The summed E-state index contributed by atoms with van der Waals surface area (Å²) in [5.74, 6) is 1.00. The fraction of sp³-hybridized carbons (Fsp3) is 0.538. The van der Waals surface area contributed by atoms with Crippen molar-refractivity contribution in [1.82, 2.24) is 24.8 Å². The maximum Gasteiger partial charge on any atom is 0.405 e. The van der Waals surface area contributed by atoms with Gasteiger partial charge in [-0.05, 0) is 56.1 Å². The van der Waals surface area contributed by atoms with E-state index in [0.29, 0.717) is 61.5 Å². The number of alkyl halides is 2. The fourth-order valence-corrected chi connectivity index (χ4v) is 6.21. The minimum absolute atomic E-state index is 0.0241. The molecule has 0 unspecified atom stereocenters. The van der Waals surface area contributed by atoms with Crippen molar-refractivity contribution < 1.29 is 23.4 Å². The Hall–Kier alpha value is -3.54. The first-order chi connectivity index (χ1) is 18.4. The van der Waals surface area contributed by atoms with Crippen molar-refractivity contribution in [3.63, 3.8) is 0 Å². The molecule has 1 amide bonds. The lowest BCUT2D eigenvalue weighted by Gasteiger charge is -2.53. The summed E-state index contributed by atoms with van der Waals surface area (Å²) in [6.45, 7) is 3.05. The van der Waals surface area contributed by atoms with Gasteiger partial charge in [-0.3, -0.25) is 4.57 Å². The lowest BCUT2D eigenvalue weighted by atomic mass is 9.57.